The summed E-state index contributed by atoms with van der Waals surface area (Å²) in [6.45, 7) is 4.03. The molecule has 0 spiro atoms. The Morgan fingerprint density at radius 2 is 1.43 bits per heavy atom. The summed E-state index contributed by atoms with van der Waals surface area (Å²) in [4.78, 5) is 10.6. The van der Waals surface area contributed by atoms with Crippen LogP contribution in [0.3, 0.4) is 0 Å². The molecular weight excluding hydrogens is 260 g/mol. The molecule has 0 radical (unpaired) electrons. The van der Waals surface area contributed by atoms with E-state index in [0.29, 0.717) is 0 Å². The SMILES string of the molecule is CCCCCC/C=C/C=C\CCCCCCC(C)C(=O)O. The first-order chi connectivity index (χ1) is 10.2. The highest BCUT2D eigenvalue weighted by molar-refractivity contribution is 5.69. The van der Waals surface area contributed by atoms with E-state index in [2.05, 4.69) is 31.2 Å². The number of carbonyl (C=O) groups is 1. The number of carboxylic acid groups (broad SMARTS) is 1. The highest BCUT2D eigenvalue weighted by Crippen LogP contribution is 2.11. The fourth-order valence-electron chi connectivity index (χ4n) is 2.23. The van der Waals surface area contributed by atoms with Gasteiger partial charge in [-0.25, -0.2) is 0 Å². The van der Waals surface area contributed by atoms with Crippen LogP contribution >= 0.6 is 0 Å². The van der Waals surface area contributed by atoms with Gasteiger partial charge in [0.25, 0.3) is 0 Å². The van der Waals surface area contributed by atoms with Crippen molar-refractivity contribution in [2.24, 2.45) is 5.92 Å². The predicted octanol–water partition coefficient (Wildman–Crippen LogP) is 6.13. The maximum absolute atomic E-state index is 10.6. The Balaban J connectivity index is 3.29. The average Bonchev–Trinajstić information content (AvgIpc) is 2.47. The highest BCUT2D eigenvalue weighted by atomic mass is 16.4. The molecule has 1 unspecified atom stereocenters. The summed E-state index contributed by atoms with van der Waals surface area (Å²) in [5.74, 6) is -0.855. The van der Waals surface area contributed by atoms with Gasteiger partial charge < -0.3 is 5.11 Å². The van der Waals surface area contributed by atoms with E-state index in [1.165, 1.54) is 44.9 Å². The third kappa shape index (κ3) is 15.2. The number of unbranched alkanes of at least 4 members (excludes halogenated alkanes) is 8. The molecule has 21 heavy (non-hydrogen) atoms. The van der Waals surface area contributed by atoms with Gasteiger partial charge in [0.05, 0.1) is 5.92 Å². The second kappa shape index (κ2) is 15.3. The molecule has 0 aliphatic rings. The van der Waals surface area contributed by atoms with Crippen LogP contribution in [0, 0.1) is 5.92 Å². The van der Waals surface area contributed by atoms with Crippen LogP contribution in [0.2, 0.25) is 0 Å². The van der Waals surface area contributed by atoms with Crippen LogP contribution in [0.4, 0.5) is 0 Å². The highest BCUT2D eigenvalue weighted by Gasteiger charge is 2.09. The van der Waals surface area contributed by atoms with Gasteiger partial charge in [0.15, 0.2) is 0 Å². The third-order valence-electron chi connectivity index (χ3n) is 3.79. The number of hydrogen-bond donors (Lipinski definition) is 1. The molecule has 0 heterocycles. The summed E-state index contributed by atoms with van der Waals surface area (Å²) in [7, 11) is 0. The summed E-state index contributed by atoms with van der Waals surface area (Å²) in [6, 6.07) is 0. The quantitative estimate of drug-likeness (QED) is 0.309. The van der Waals surface area contributed by atoms with Gasteiger partial charge in [-0.15, -0.1) is 0 Å². The molecule has 0 amide bonds. The minimum Gasteiger partial charge on any atom is -0.481 e. The number of aliphatic carboxylic acids is 1. The zero-order valence-corrected chi connectivity index (χ0v) is 14.0. The van der Waals surface area contributed by atoms with Gasteiger partial charge in [-0.2, -0.15) is 0 Å². The first-order valence-corrected chi connectivity index (χ1v) is 8.73. The third-order valence-corrected chi connectivity index (χ3v) is 3.79. The van der Waals surface area contributed by atoms with E-state index in [4.69, 9.17) is 5.11 Å². The van der Waals surface area contributed by atoms with Crippen molar-refractivity contribution in [3.05, 3.63) is 24.3 Å². The normalized spacial score (nSPS) is 13.2. The van der Waals surface area contributed by atoms with Crippen molar-refractivity contribution in [2.45, 2.75) is 84.5 Å². The fourth-order valence-corrected chi connectivity index (χ4v) is 2.23. The molecule has 2 nitrogen and oxygen atoms in total. The van der Waals surface area contributed by atoms with E-state index in [0.717, 1.165) is 25.7 Å². The van der Waals surface area contributed by atoms with Gasteiger partial charge in [-0.3, -0.25) is 4.79 Å². The molecule has 122 valence electrons. The first-order valence-electron chi connectivity index (χ1n) is 8.73. The second-order valence-electron chi connectivity index (χ2n) is 5.94. The number of carboxylic acids is 1. The second-order valence-corrected chi connectivity index (χ2v) is 5.94. The van der Waals surface area contributed by atoms with E-state index < -0.39 is 5.97 Å². The van der Waals surface area contributed by atoms with Gasteiger partial charge in [-0.05, 0) is 32.1 Å². The van der Waals surface area contributed by atoms with E-state index in [1.807, 2.05) is 0 Å². The molecular formula is C19H34O2. The molecule has 0 aromatic carbocycles. The maximum Gasteiger partial charge on any atom is 0.306 e. The molecule has 0 saturated carbocycles. The molecule has 0 aliphatic carbocycles. The zero-order chi connectivity index (χ0) is 15.8. The molecule has 0 rings (SSSR count). The van der Waals surface area contributed by atoms with E-state index in [9.17, 15) is 4.79 Å². The van der Waals surface area contributed by atoms with Crippen molar-refractivity contribution in [2.75, 3.05) is 0 Å². The molecule has 2 heteroatoms. The van der Waals surface area contributed by atoms with Crippen LogP contribution in [-0.4, -0.2) is 11.1 Å². The summed E-state index contributed by atoms with van der Waals surface area (Å²) in [5, 5.41) is 8.77. The lowest BCUT2D eigenvalue weighted by Crippen LogP contribution is -2.08. The van der Waals surface area contributed by atoms with Gasteiger partial charge in [0, 0.05) is 0 Å². The Morgan fingerprint density at radius 1 is 0.905 bits per heavy atom. The summed E-state index contributed by atoms with van der Waals surface area (Å²) in [6.07, 6.45) is 21.9. The Bertz CT molecular complexity index is 292. The van der Waals surface area contributed by atoms with Gasteiger partial charge in [0.1, 0.15) is 0 Å². The van der Waals surface area contributed by atoms with Crippen molar-refractivity contribution in [3.63, 3.8) is 0 Å². The van der Waals surface area contributed by atoms with Crippen molar-refractivity contribution in [1.82, 2.24) is 0 Å². The van der Waals surface area contributed by atoms with Crippen LogP contribution in [-0.2, 0) is 4.79 Å². The van der Waals surface area contributed by atoms with Crippen LogP contribution in [0.15, 0.2) is 24.3 Å². The van der Waals surface area contributed by atoms with Crippen LogP contribution in [0.5, 0.6) is 0 Å². The minimum atomic E-state index is -0.667. The lowest BCUT2D eigenvalue weighted by molar-refractivity contribution is -0.141. The molecule has 0 bridgehead atoms. The first kappa shape index (κ1) is 19.9. The van der Waals surface area contributed by atoms with E-state index >= 15 is 0 Å². The molecule has 0 saturated heterocycles. The number of rotatable bonds is 14. The van der Waals surface area contributed by atoms with E-state index in [-0.39, 0.29) is 5.92 Å². The van der Waals surface area contributed by atoms with Crippen molar-refractivity contribution in [1.29, 1.82) is 0 Å². The molecule has 1 N–H and O–H groups in total. The van der Waals surface area contributed by atoms with Crippen molar-refractivity contribution < 1.29 is 9.90 Å². The molecule has 0 aromatic heterocycles. The minimum absolute atomic E-state index is 0.188. The lowest BCUT2D eigenvalue weighted by Gasteiger charge is -2.04. The topological polar surface area (TPSA) is 37.3 Å². The molecule has 0 aliphatic heterocycles. The van der Waals surface area contributed by atoms with Gasteiger partial charge in [0.2, 0.25) is 0 Å². The number of allylic oxidation sites excluding steroid dienone is 4. The summed E-state index contributed by atoms with van der Waals surface area (Å²) < 4.78 is 0. The predicted molar refractivity (Wildman–Crippen MR) is 91.5 cm³/mol. The van der Waals surface area contributed by atoms with Gasteiger partial charge >= 0.3 is 5.97 Å². The van der Waals surface area contributed by atoms with Crippen LogP contribution in [0.1, 0.15) is 84.5 Å². The van der Waals surface area contributed by atoms with Crippen LogP contribution < -0.4 is 0 Å². The lowest BCUT2D eigenvalue weighted by atomic mass is 10.0. The molecule has 1 atom stereocenters. The Morgan fingerprint density at radius 3 is 1.95 bits per heavy atom. The molecule has 0 aromatic rings. The fraction of sp³-hybridized carbons (Fsp3) is 0.737. The summed E-state index contributed by atoms with van der Waals surface area (Å²) >= 11 is 0. The summed E-state index contributed by atoms with van der Waals surface area (Å²) in [5.41, 5.74) is 0. The van der Waals surface area contributed by atoms with Crippen LogP contribution in [0.25, 0.3) is 0 Å². The van der Waals surface area contributed by atoms with Gasteiger partial charge in [-0.1, -0.05) is 76.7 Å². The average molecular weight is 294 g/mol. The smallest absolute Gasteiger partial charge is 0.306 e. The largest absolute Gasteiger partial charge is 0.481 e. The molecule has 0 fully saturated rings. The van der Waals surface area contributed by atoms with E-state index in [1.54, 1.807) is 6.92 Å². The Labute approximate surface area is 131 Å². The Hall–Kier alpha value is -1.05. The van der Waals surface area contributed by atoms with Crippen molar-refractivity contribution >= 4 is 5.97 Å². The monoisotopic (exact) mass is 294 g/mol. The van der Waals surface area contributed by atoms with Crippen molar-refractivity contribution in [3.8, 4) is 0 Å². The maximum atomic E-state index is 10.6. The zero-order valence-electron chi connectivity index (χ0n) is 14.0. The standard InChI is InChI=1S/C19H34O2/c1-3-4-5-6-7-8-9-10-11-12-13-14-15-16-17-18(2)19(20)21/h8-11,18H,3-7,12-17H2,1-2H3,(H,20,21)/b9-8+,11-10-. The number of hydrogen-bond acceptors (Lipinski definition) is 1. The Kier molecular flexibility index (Phi) is 14.6.